The van der Waals surface area contributed by atoms with Crippen LogP contribution >= 0.6 is 11.6 Å². The van der Waals surface area contributed by atoms with E-state index in [1.807, 2.05) is 6.07 Å². The van der Waals surface area contributed by atoms with E-state index in [1.54, 1.807) is 45.2 Å². The summed E-state index contributed by atoms with van der Waals surface area (Å²) in [5.74, 6) is 0.538. The summed E-state index contributed by atoms with van der Waals surface area (Å²) in [6.45, 7) is 9.95. The molecule has 0 aliphatic carbocycles. The molecule has 1 aromatic heterocycles. The normalized spacial score (nSPS) is 13.6. The molecule has 1 aliphatic rings. The van der Waals surface area contributed by atoms with Crippen molar-refractivity contribution in [2.75, 3.05) is 54.1 Å². The van der Waals surface area contributed by atoms with Crippen molar-refractivity contribution in [3.63, 3.8) is 0 Å². The lowest BCUT2D eigenvalue weighted by atomic mass is 10.1. The minimum atomic E-state index is -3.57. The van der Waals surface area contributed by atoms with Crippen molar-refractivity contribution < 1.29 is 17.9 Å². The number of hydrogen-bond acceptors (Lipinski definition) is 10. The highest BCUT2D eigenvalue weighted by molar-refractivity contribution is 7.92. The highest BCUT2D eigenvalue weighted by Crippen LogP contribution is 2.39. The first-order valence-electron chi connectivity index (χ1n) is 12.6. The second-order valence-corrected chi connectivity index (χ2v) is 12.1. The van der Waals surface area contributed by atoms with E-state index in [9.17, 15) is 13.2 Å². The predicted octanol–water partition coefficient (Wildman–Crippen LogP) is 4.34. The summed E-state index contributed by atoms with van der Waals surface area (Å²) in [6.07, 6.45) is 2.61. The molecule has 0 saturated carbocycles. The van der Waals surface area contributed by atoms with Crippen molar-refractivity contribution in [1.82, 2.24) is 15.3 Å². The molecule has 3 aromatic rings. The van der Waals surface area contributed by atoms with Gasteiger partial charge in [0, 0.05) is 32.2 Å². The van der Waals surface area contributed by atoms with Gasteiger partial charge in [0.25, 0.3) is 0 Å². The SMILES string of the molecule is C=CC(=O)Nc1cc(Nc2ncc(Cl)c(Nc3ccccc3S(=O)(=O)C(C)C)n2)c(OC)cc1N1CCNCC1. The Morgan fingerprint density at radius 1 is 1.15 bits per heavy atom. The molecule has 2 aromatic carbocycles. The van der Waals surface area contributed by atoms with Crippen LogP contribution < -0.4 is 30.9 Å². The number of para-hydroxylation sites is 1. The fourth-order valence-corrected chi connectivity index (χ4v) is 5.46. The topological polar surface area (TPSA) is 138 Å². The number of piperazine rings is 1. The van der Waals surface area contributed by atoms with Crippen LogP contribution in [0.4, 0.5) is 34.5 Å². The number of sulfone groups is 1. The Bertz CT molecular complexity index is 1510. The molecule has 1 amide bonds. The van der Waals surface area contributed by atoms with E-state index < -0.39 is 15.1 Å². The van der Waals surface area contributed by atoms with Crippen LogP contribution in [-0.4, -0.2) is 62.8 Å². The fraction of sp³-hybridized carbons (Fsp3) is 0.296. The molecule has 0 spiro atoms. The molecule has 1 aliphatic heterocycles. The van der Waals surface area contributed by atoms with Crippen LogP contribution in [0.15, 0.2) is 60.1 Å². The number of ether oxygens (including phenoxy) is 1. The summed E-state index contributed by atoms with van der Waals surface area (Å²) in [5.41, 5.74) is 2.21. The number of carbonyl (C=O) groups excluding carboxylic acids is 1. The third-order valence-corrected chi connectivity index (χ3v) is 8.76. The second kappa shape index (κ2) is 12.5. The number of rotatable bonds is 10. The standard InChI is InChI=1S/C27H32ClN7O4S/c1-5-25(36)31-20-14-21(23(39-4)15-22(20)35-12-10-29-11-13-35)33-27-30-16-18(28)26(34-27)32-19-8-6-7-9-24(19)40(37,38)17(2)3/h5-9,14-17,29H,1,10-13H2,2-4H3,(H,31,36)(H2,30,32,33,34). The largest absolute Gasteiger partial charge is 0.494 e. The summed E-state index contributed by atoms with van der Waals surface area (Å²) < 4.78 is 31.5. The summed E-state index contributed by atoms with van der Waals surface area (Å²) in [7, 11) is -2.02. The fourth-order valence-electron chi connectivity index (χ4n) is 4.12. The number of aromatic nitrogens is 2. The zero-order valence-corrected chi connectivity index (χ0v) is 24.1. The molecule has 40 heavy (non-hydrogen) atoms. The monoisotopic (exact) mass is 585 g/mol. The summed E-state index contributed by atoms with van der Waals surface area (Å²) in [5, 5.41) is 11.9. The molecular weight excluding hydrogens is 554 g/mol. The van der Waals surface area contributed by atoms with Gasteiger partial charge in [-0.15, -0.1) is 0 Å². The maximum atomic E-state index is 12.9. The van der Waals surface area contributed by atoms with Gasteiger partial charge in [-0.2, -0.15) is 4.98 Å². The van der Waals surface area contributed by atoms with Gasteiger partial charge >= 0.3 is 0 Å². The number of amides is 1. The molecule has 0 unspecified atom stereocenters. The lowest BCUT2D eigenvalue weighted by molar-refractivity contribution is -0.111. The second-order valence-electron chi connectivity index (χ2n) is 9.23. The molecule has 1 saturated heterocycles. The van der Waals surface area contributed by atoms with E-state index in [0.29, 0.717) is 22.8 Å². The summed E-state index contributed by atoms with van der Waals surface area (Å²) in [4.78, 5) is 23.3. The van der Waals surface area contributed by atoms with Crippen LogP contribution in [0.25, 0.3) is 0 Å². The van der Waals surface area contributed by atoms with Gasteiger partial charge < -0.3 is 30.9 Å². The van der Waals surface area contributed by atoms with Crippen LogP contribution in [0.3, 0.4) is 0 Å². The van der Waals surface area contributed by atoms with Crippen LogP contribution in [0.2, 0.25) is 5.02 Å². The van der Waals surface area contributed by atoms with E-state index in [-0.39, 0.29) is 27.6 Å². The lowest BCUT2D eigenvalue weighted by Gasteiger charge is -2.31. The molecule has 212 valence electrons. The molecule has 13 heteroatoms. The number of nitrogens with zero attached hydrogens (tertiary/aromatic N) is 3. The minimum Gasteiger partial charge on any atom is -0.494 e. The first-order valence-corrected chi connectivity index (χ1v) is 14.6. The van der Waals surface area contributed by atoms with Crippen molar-refractivity contribution in [2.24, 2.45) is 0 Å². The molecule has 0 atom stereocenters. The highest BCUT2D eigenvalue weighted by atomic mass is 35.5. The maximum Gasteiger partial charge on any atom is 0.247 e. The third kappa shape index (κ3) is 6.46. The smallest absolute Gasteiger partial charge is 0.247 e. The number of methoxy groups -OCH3 is 1. The van der Waals surface area contributed by atoms with E-state index in [4.69, 9.17) is 16.3 Å². The third-order valence-electron chi connectivity index (χ3n) is 6.28. The van der Waals surface area contributed by atoms with Crippen LogP contribution in [0, 0.1) is 0 Å². The molecule has 0 radical (unpaired) electrons. The van der Waals surface area contributed by atoms with Gasteiger partial charge in [0.2, 0.25) is 11.9 Å². The predicted molar refractivity (Wildman–Crippen MR) is 159 cm³/mol. The Morgan fingerprint density at radius 2 is 1.88 bits per heavy atom. The van der Waals surface area contributed by atoms with Gasteiger partial charge in [0.1, 0.15) is 10.8 Å². The quantitative estimate of drug-likeness (QED) is 0.254. The highest BCUT2D eigenvalue weighted by Gasteiger charge is 2.24. The van der Waals surface area contributed by atoms with E-state index in [2.05, 4.69) is 42.7 Å². The minimum absolute atomic E-state index is 0.141. The first kappa shape index (κ1) is 29.1. The maximum absolute atomic E-state index is 12.9. The lowest BCUT2D eigenvalue weighted by Crippen LogP contribution is -2.43. The van der Waals surface area contributed by atoms with Crippen molar-refractivity contribution in [1.29, 1.82) is 0 Å². The molecule has 2 heterocycles. The molecule has 4 rings (SSSR count). The zero-order valence-electron chi connectivity index (χ0n) is 22.5. The average molecular weight is 586 g/mol. The number of nitrogens with one attached hydrogen (secondary N) is 4. The number of halogens is 1. The number of carbonyl (C=O) groups is 1. The van der Waals surface area contributed by atoms with E-state index in [0.717, 1.165) is 31.9 Å². The van der Waals surface area contributed by atoms with Crippen LogP contribution in [-0.2, 0) is 14.6 Å². The van der Waals surface area contributed by atoms with Gasteiger partial charge in [-0.25, -0.2) is 13.4 Å². The Balaban J connectivity index is 1.69. The van der Waals surface area contributed by atoms with E-state index >= 15 is 0 Å². The van der Waals surface area contributed by atoms with Gasteiger partial charge in [-0.3, -0.25) is 4.79 Å². The van der Waals surface area contributed by atoms with Crippen LogP contribution in [0.5, 0.6) is 5.75 Å². The molecule has 4 N–H and O–H groups in total. The Hall–Kier alpha value is -3.87. The zero-order chi connectivity index (χ0) is 28.9. The molecule has 0 bridgehead atoms. The number of benzene rings is 2. The average Bonchev–Trinajstić information content (AvgIpc) is 2.95. The van der Waals surface area contributed by atoms with Gasteiger partial charge in [-0.05, 0) is 38.1 Å². The van der Waals surface area contributed by atoms with Crippen molar-refractivity contribution in [3.8, 4) is 5.75 Å². The first-order chi connectivity index (χ1) is 19.1. The van der Waals surface area contributed by atoms with Crippen molar-refractivity contribution in [2.45, 2.75) is 24.0 Å². The van der Waals surface area contributed by atoms with Gasteiger partial charge in [0.15, 0.2) is 15.7 Å². The van der Waals surface area contributed by atoms with E-state index in [1.165, 1.54) is 18.3 Å². The van der Waals surface area contributed by atoms with Crippen molar-refractivity contribution >= 4 is 61.9 Å². The summed E-state index contributed by atoms with van der Waals surface area (Å²) >= 11 is 6.39. The summed E-state index contributed by atoms with van der Waals surface area (Å²) in [6, 6.07) is 10.2. The van der Waals surface area contributed by atoms with Crippen LogP contribution in [0.1, 0.15) is 13.8 Å². The van der Waals surface area contributed by atoms with Gasteiger partial charge in [-0.1, -0.05) is 30.3 Å². The Morgan fingerprint density at radius 3 is 2.55 bits per heavy atom. The van der Waals surface area contributed by atoms with Crippen molar-refractivity contribution in [3.05, 3.63) is 60.3 Å². The number of hydrogen-bond donors (Lipinski definition) is 4. The Kier molecular flexibility index (Phi) is 9.13. The Labute approximate surface area is 238 Å². The molecule has 1 fully saturated rings. The van der Waals surface area contributed by atoms with Gasteiger partial charge in [0.05, 0.1) is 46.2 Å². The number of anilines is 6. The molecular formula is C27H32ClN7O4S. The molecule has 11 nitrogen and oxygen atoms in total.